The first-order valence-electron chi connectivity index (χ1n) is 10.6. The lowest BCUT2D eigenvalue weighted by atomic mass is 9.98. The number of aryl methyl sites for hydroxylation is 2. The monoisotopic (exact) mass is 423 g/mol. The molecule has 4 rings (SSSR count). The molecule has 30 heavy (non-hydrogen) atoms. The third-order valence-electron chi connectivity index (χ3n) is 5.93. The Bertz CT molecular complexity index is 1030. The van der Waals surface area contributed by atoms with E-state index in [9.17, 15) is 9.90 Å². The Balaban J connectivity index is 1.33. The lowest BCUT2D eigenvalue weighted by Gasteiger charge is -2.33. The Morgan fingerprint density at radius 2 is 2.03 bits per heavy atom. The molecule has 5 nitrogen and oxygen atoms in total. The number of pyridine rings is 1. The highest BCUT2D eigenvalue weighted by Crippen LogP contribution is 2.29. The quantitative estimate of drug-likeness (QED) is 0.627. The van der Waals surface area contributed by atoms with E-state index in [-0.39, 0.29) is 12.5 Å². The first kappa shape index (κ1) is 20.8. The number of thiophene rings is 1. The van der Waals surface area contributed by atoms with Crippen LogP contribution < -0.4 is 10.2 Å². The minimum atomic E-state index is -0.0202. The van der Waals surface area contributed by atoms with Crippen molar-refractivity contribution in [2.45, 2.75) is 33.1 Å². The van der Waals surface area contributed by atoms with Gasteiger partial charge in [-0.05, 0) is 74.4 Å². The van der Waals surface area contributed by atoms with Crippen molar-refractivity contribution in [2.24, 2.45) is 5.92 Å². The number of aliphatic hydroxyl groups excluding tert-OH is 1. The van der Waals surface area contributed by atoms with Gasteiger partial charge in [0.2, 0.25) is 0 Å². The summed E-state index contributed by atoms with van der Waals surface area (Å²) in [5.41, 5.74) is 4.40. The normalized spacial score (nSPS) is 16.8. The van der Waals surface area contributed by atoms with Gasteiger partial charge >= 0.3 is 0 Å². The molecule has 1 fully saturated rings. The molecule has 0 spiro atoms. The summed E-state index contributed by atoms with van der Waals surface area (Å²) >= 11 is 1.47. The molecule has 0 aliphatic carbocycles. The fourth-order valence-corrected chi connectivity index (χ4v) is 5.27. The number of carbonyl (C=O) groups excluding carboxylic acids is 1. The Kier molecular flexibility index (Phi) is 6.35. The van der Waals surface area contributed by atoms with E-state index in [1.54, 1.807) is 0 Å². The Labute approximate surface area is 181 Å². The van der Waals surface area contributed by atoms with Crippen LogP contribution in [0.25, 0.3) is 10.2 Å². The van der Waals surface area contributed by atoms with Gasteiger partial charge in [0.25, 0.3) is 5.91 Å². The van der Waals surface area contributed by atoms with E-state index in [4.69, 9.17) is 0 Å². The number of rotatable bonds is 6. The second kappa shape index (κ2) is 9.14. The van der Waals surface area contributed by atoms with E-state index in [1.807, 2.05) is 26.0 Å². The summed E-state index contributed by atoms with van der Waals surface area (Å²) in [6, 6.07) is 12.6. The van der Waals surface area contributed by atoms with Crippen LogP contribution in [0.1, 0.15) is 39.3 Å². The average Bonchev–Trinajstić information content (AvgIpc) is 3.10. The van der Waals surface area contributed by atoms with Crippen molar-refractivity contribution in [3.05, 3.63) is 58.1 Å². The lowest BCUT2D eigenvalue weighted by Crippen LogP contribution is -2.36. The first-order valence-corrected chi connectivity index (χ1v) is 11.5. The van der Waals surface area contributed by atoms with Crippen LogP contribution in [0.15, 0.2) is 36.4 Å². The number of fused-ring (bicyclic) bond motifs is 1. The largest absolute Gasteiger partial charge is 0.396 e. The predicted octanol–water partition coefficient (Wildman–Crippen LogP) is 4.09. The highest BCUT2D eigenvalue weighted by Gasteiger charge is 2.19. The molecular formula is C24H29N3O2S. The number of nitrogens with zero attached hydrogens (tertiary/aromatic N) is 2. The van der Waals surface area contributed by atoms with E-state index in [2.05, 4.69) is 39.5 Å². The van der Waals surface area contributed by atoms with Crippen LogP contribution in [0.4, 0.5) is 5.69 Å². The van der Waals surface area contributed by atoms with E-state index in [0.29, 0.717) is 12.5 Å². The van der Waals surface area contributed by atoms with Crippen molar-refractivity contribution >= 4 is 33.1 Å². The molecule has 0 bridgehead atoms. The van der Waals surface area contributed by atoms with Crippen LogP contribution in [0, 0.1) is 19.8 Å². The maximum atomic E-state index is 12.7. The van der Waals surface area contributed by atoms with Gasteiger partial charge in [-0.2, -0.15) is 0 Å². The highest BCUT2D eigenvalue weighted by atomic mass is 32.1. The number of amides is 1. The van der Waals surface area contributed by atoms with Gasteiger partial charge in [0.15, 0.2) is 0 Å². The predicted molar refractivity (Wildman–Crippen MR) is 124 cm³/mol. The number of hydrogen-bond acceptors (Lipinski definition) is 5. The van der Waals surface area contributed by atoms with Gasteiger partial charge in [-0.25, -0.2) is 4.98 Å². The Morgan fingerprint density at radius 3 is 2.80 bits per heavy atom. The summed E-state index contributed by atoms with van der Waals surface area (Å²) in [5.74, 6) is 0.359. The molecule has 2 aromatic heterocycles. The summed E-state index contributed by atoms with van der Waals surface area (Å²) in [6.07, 6.45) is 3.04. The molecule has 0 unspecified atom stereocenters. The fraction of sp³-hybridized carbons (Fsp3) is 0.417. The first-order chi connectivity index (χ1) is 14.5. The molecule has 1 aliphatic rings. The Hall–Kier alpha value is -2.44. The van der Waals surface area contributed by atoms with Crippen LogP contribution in [-0.4, -0.2) is 42.2 Å². The third kappa shape index (κ3) is 4.50. The van der Waals surface area contributed by atoms with Crippen molar-refractivity contribution in [3.8, 4) is 0 Å². The number of carbonyl (C=O) groups is 1. The molecule has 6 heteroatoms. The molecule has 3 aromatic rings. The molecule has 158 valence electrons. The minimum absolute atomic E-state index is 0.0202. The van der Waals surface area contributed by atoms with Crippen LogP contribution >= 0.6 is 11.3 Å². The summed E-state index contributed by atoms with van der Waals surface area (Å²) in [6.45, 7) is 6.81. The van der Waals surface area contributed by atoms with Crippen molar-refractivity contribution < 1.29 is 9.90 Å². The van der Waals surface area contributed by atoms with Gasteiger partial charge in [-0.1, -0.05) is 12.1 Å². The smallest absolute Gasteiger partial charge is 0.261 e. The van der Waals surface area contributed by atoms with Gasteiger partial charge in [-0.15, -0.1) is 11.3 Å². The van der Waals surface area contributed by atoms with Gasteiger partial charge in [0.05, 0.1) is 4.88 Å². The van der Waals surface area contributed by atoms with Gasteiger partial charge in [0, 0.05) is 43.0 Å². The van der Waals surface area contributed by atoms with Crippen LogP contribution in [-0.2, 0) is 6.42 Å². The molecule has 0 saturated carbocycles. The number of anilines is 1. The van der Waals surface area contributed by atoms with Crippen molar-refractivity contribution in [1.82, 2.24) is 10.3 Å². The minimum Gasteiger partial charge on any atom is -0.396 e. The maximum absolute atomic E-state index is 12.7. The molecule has 1 atom stereocenters. The number of piperidine rings is 1. The summed E-state index contributed by atoms with van der Waals surface area (Å²) < 4.78 is 0. The maximum Gasteiger partial charge on any atom is 0.261 e. The van der Waals surface area contributed by atoms with Gasteiger partial charge in [-0.3, -0.25) is 4.79 Å². The molecular weight excluding hydrogens is 394 g/mol. The van der Waals surface area contributed by atoms with Crippen molar-refractivity contribution in [1.29, 1.82) is 0 Å². The average molecular weight is 424 g/mol. The van der Waals surface area contributed by atoms with E-state index in [0.717, 1.165) is 58.7 Å². The van der Waals surface area contributed by atoms with E-state index in [1.165, 1.54) is 22.6 Å². The van der Waals surface area contributed by atoms with Gasteiger partial charge in [0.1, 0.15) is 4.83 Å². The van der Waals surface area contributed by atoms with Crippen LogP contribution in [0.5, 0.6) is 0 Å². The molecule has 1 saturated heterocycles. The number of nitrogens with one attached hydrogen (secondary N) is 1. The molecule has 1 aliphatic heterocycles. The summed E-state index contributed by atoms with van der Waals surface area (Å²) in [5, 5.41) is 13.6. The molecule has 2 N–H and O–H groups in total. The molecule has 1 aromatic carbocycles. The van der Waals surface area contributed by atoms with Crippen LogP contribution in [0.2, 0.25) is 0 Å². The Morgan fingerprint density at radius 1 is 1.23 bits per heavy atom. The SMILES string of the molecule is Cc1ccc2c(C)c(C(=O)NCCc3ccc(N4CCC[C@@H](CO)C4)cc3)sc2n1. The second-order valence-electron chi connectivity index (χ2n) is 8.17. The topological polar surface area (TPSA) is 65.5 Å². The molecule has 1 amide bonds. The number of hydrogen-bond donors (Lipinski definition) is 2. The zero-order chi connectivity index (χ0) is 21.1. The van der Waals surface area contributed by atoms with Crippen molar-refractivity contribution in [2.75, 3.05) is 31.1 Å². The van der Waals surface area contributed by atoms with Crippen molar-refractivity contribution in [3.63, 3.8) is 0 Å². The number of benzene rings is 1. The zero-order valence-corrected chi connectivity index (χ0v) is 18.5. The number of aliphatic hydroxyl groups is 1. The van der Waals surface area contributed by atoms with Crippen LogP contribution in [0.3, 0.4) is 0 Å². The molecule has 0 radical (unpaired) electrons. The van der Waals surface area contributed by atoms with Gasteiger partial charge < -0.3 is 15.3 Å². The van der Waals surface area contributed by atoms with E-state index < -0.39 is 0 Å². The number of aromatic nitrogens is 1. The lowest BCUT2D eigenvalue weighted by molar-refractivity contribution is 0.0957. The summed E-state index contributed by atoms with van der Waals surface area (Å²) in [4.78, 5) is 21.3. The summed E-state index contributed by atoms with van der Waals surface area (Å²) in [7, 11) is 0. The second-order valence-corrected chi connectivity index (χ2v) is 9.17. The standard InChI is InChI=1S/C24H29N3O2S/c1-16-5-10-21-17(2)22(30-24(21)26-16)23(29)25-12-11-18-6-8-20(9-7-18)27-13-3-4-19(14-27)15-28/h5-10,19,28H,3-4,11-15H2,1-2H3,(H,25,29)/t19-/m1/s1. The third-order valence-corrected chi connectivity index (χ3v) is 7.13. The van der Waals surface area contributed by atoms with E-state index >= 15 is 0 Å². The molecule has 3 heterocycles. The highest BCUT2D eigenvalue weighted by molar-refractivity contribution is 7.20. The fourth-order valence-electron chi connectivity index (χ4n) is 4.13. The zero-order valence-electron chi connectivity index (χ0n) is 17.6.